The minimum atomic E-state index is -1.51. The van der Waals surface area contributed by atoms with Gasteiger partial charge in [-0.2, -0.15) is 0 Å². The number of methoxy groups -OCH3 is 4. The molecule has 0 amide bonds. The van der Waals surface area contributed by atoms with Crippen molar-refractivity contribution in [1.29, 1.82) is 0 Å². The van der Waals surface area contributed by atoms with Gasteiger partial charge in [-0.25, -0.2) is 27.2 Å². The molecule has 16 heteroatoms. The Labute approximate surface area is 469 Å². The second-order valence-electron chi connectivity index (χ2n) is 18.6. The van der Waals surface area contributed by atoms with Gasteiger partial charge >= 0.3 is 7.12 Å². The van der Waals surface area contributed by atoms with E-state index in [0.717, 1.165) is 67.9 Å². The van der Waals surface area contributed by atoms with Gasteiger partial charge in [0.25, 0.3) is 0 Å². The first-order valence-electron chi connectivity index (χ1n) is 24.6. The van der Waals surface area contributed by atoms with Gasteiger partial charge in [-0.1, -0.05) is 84.9 Å². The summed E-state index contributed by atoms with van der Waals surface area (Å²) in [5, 5.41) is 18.5. The molecule has 8 aromatic rings. The van der Waals surface area contributed by atoms with Gasteiger partial charge in [0, 0.05) is 5.88 Å². The lowest BCUT2D eigenvalue weighted by Crippen LogP contribution is -2.41. The third kappa shape index (κ3) is 19.6. The summed E-state index contributed by atoms with van der Waals surface area (Å²) in [4.78, 5) is 12.0. The number of nitrogens with zero attached hydrogens (tertiary/aromatic N) is 1. The molecule has 8 aromatic carbocycles. The van der Waals surface area contributed by atoms with E-state index in [0.29, 0.717) is 29.2 Å². The van der Waals surface area contributed by atoms with E-state index in [1.54, 1.807) is 64.8 Å². The third-order valence-corrected chi connectivity index (χ3v) is 13.3. The van der Waals surface area contributed by atoms with E-state index in [1.807, 2.05) is 113 Å². The summed E-state index contributed by atoms with van der Waals surface area (Å²) in [5.74, 6) is 2.74. The molecule has 0 aliphatic carbocycles. The van der Waals surface area contributed by atoms with Gasteiger partial charge in [0.15, 0.2) is 0 Å². The van der Waals surface area contributed by atoms with Gasteiger partial charge in [-0.05, 0) is 204 Å². The van der Waals surface area contributed by atoms with Crippen LogP contribution in [0.25, 0.3) is 0 Å². The average Bonchev–Trinajstić information content (AvgIpc) is 3.74. The molecule has 0 radical (unpaired) electrons. The van der Waals surface area contributed by atoms with Crippen molar-refractivity contribution < 1.29 is 56.2 Å². The molecule has 1 saturated heterocycles. The number of benzene rings is 8. The zero-order valence-electron chi connectivity index (χ0n) is 44.8. The van der Waals surface area contributed by atoms with Crippen molar-refractivity contribution >= 4 is 45.8 Å². The van der Waals surface area contributed by atoms with Crippen molar-refractivity contribution in [3.05, 3.63) is 249 Å². The van der Waals surface area contributed by atoms with Crippen molar-refractivity contribution in [2.45, 2.75) is 64.0 Å². The monoisotopic (exact) mass is 1150 g/mol. The van der Waals surface area contributed by atoms with Crippen LogP contribution in [0.3, 0.4) is 0 Å². The number of ether oxygens (including phenoxy) is 4. The molecule has 9 rings (SSSR count). The molecule has 1 aliphatic heterocycles. The minimum absolute atomic E-state index is 0.196. The number of hydrogen-bond acceptors (Lipinski definition) is 9. The maximum atomic E-state index is 13.1. The Balaban J connectivity index is 0.000000188. The molecule has 0 atom stereocenters. The zero-order valence-corrected chi connectivity index (χ0v) is 47.1. The van der Waals surface area contributed by atoms with Gasteiger partial charge in [-0.15, -0.1) is 16.8 Å². The van der Waals surface area contributed by atoms with E-state index in [-0.39, 0.29) is 23.3 Å². The second kappa shape index (κ2) is 30.3. The zero-order chi connectivity index (χ0) is 56.8. The number of hydrogen-bond donors (Lipinski definition) is 2. The maximum Gasteiger partial charge on any atom is 0.488 e. The summed E-state index contributed by atoms with van der Waals surface area (Å²) >= 11 is 9.03. The fourth-order valence-corrected chi connectivity index (χ4v) is 7.93. The Hall–Kier alpha value is -6.85. The predicted octanol–water partition coefficient (Wildman–Crippen LogP) is 14.2. The molecule has 78 heavy (non-hydrogen) atoms. The number of halogens is 6. The predicted molar refractivity (Wildman–Crippen MR) is 306 cm³/mol. The van der Waals surface area contributed by atoms with Crippen LogP contribution in [0, 0.1) is 23.3 Å². The molecule has 0 aromatic heterocycles. The molecule has 9 nitrogen and oxygen atoms in total. The maximum absolute atomic E-state index is 13.1. The largest absolute Gasteiger partial charge is 0.497 e. The summed E-state index contributed by atoms with van der Waals surface area (Å²) in [7, 11) is 5.04. The first kappa shape index (κ1) is 62.0. The second-order valence-corrected chi connectivity index (χ2v) is 19.7. The normalized spacial score (nSPS) is 12.6. The number of rotatable bonds is 13. The first-order chi connectivity index (χ1) is 37.2. The van der Waals surface area contributed by atoms with Crippen LogP contribution < -0.4 is 29.6 Å². The van der Waals surface area contributed by atoms with Gasteiger partial charge in [0.1, 0.15) is 63.2 Å². The Morgan fingerprint density at radius 3 is 1.12 bits per heavy atom. The Kier molecular flexibility index (Phi) is 24.1. The molecule has 1 heterocycles. The highest BCUT2D eigenvalue weighted by Crippen LogP contribution is 2.43. The van der Waals surface area contributed by atoms with Crippen molar-refractivity contribution in [2.75, 3.05) is 33.7 Å². The highest BCUT2D eigenvalue weighted by Gasteiger charge is 2.50. The van der Waals surface area contributed by atoms with Crippen LogP contribution in [0.1, 0.15) is 66.6 Å². The lowest BCUT2D eigenvalue weighted by molar-refractivity contribution is -0.0281. The highest BCUT2D eigenvalue weighted by molar-refractivity contribution is 9.10. The van der Waals surface area contributed by atoms with Crippen LogP contribution in [0.2, 0.25) is 0 Å². The van der Waals surface area contributed by atoms with Crippen LogP contribution in [0.5, 0.6) is 23.0 Å². The molecule has 0 unspecified atom stereocenters. The SMILES string of the molecule is COc1ccc(CCl)cc1.COc1ccc(Cc2ccc(F)cc2)cc1.COc1ccc(Cc2ccc(F)cc2)cc1Br.COc1ccc(Cc2ccc(F)cc2)cc1N1OC(C)(C)C(C)(C)O1.OB(O)c1ccc(F)cc1. The van der Waals surface area contributed by atoms with Crippen LogP contribution >= 0.6 is 27.5 Å². The molecule has 2 N–H and O–H groups in total. The standard InChI is InChI=1S/C20H24FNO3.C14H12BrFO.C14H13FO.C8H9ClO.C6H6BFO2/c1-19(2)20(3,4)25-22(24-19)17-13-15(8-11-18(17)23-5)12-14-6-9-16(21)10-7-14;1-17-14-7-4-11(9-13(14)15)8-10-2-5-12(16)6-3-10;1-16-14-8-4-12(5-9-14)10-11-2-6-13(15)7-3-11;1-10-8-4-2-7(6-9)3-5-8;8-6-3-1-5(2-4-6)7(9)10/h6-11,13H,12H2,1-5H3;2-7,9H,8H2,1H3;2-9H,10H2,1H3;2-5H,6H2,1H3;1-4,9-10H. The van der Waals surface area contributed by atoms with E-state index >= 15 is 0 Å². The van der Waals surface area contributed by atoms with E-state index < -0.39 is 18.3 Å². The quantitative estimate of drug-likeness (QED) is 0.0664. The Morgan fingerprint density at radius 1 is 0.449 bits per heavy atom. The Morgan fingerprint density at radius 2 is 0.769 bits per heavy atom. The molecular formula is C62H64BBrClF4NO8. The van der Waals surface area contributed by atoms with Gasteiger partial charge in [0.2, 0.25) is 0 Å². The molecular weight excluding hydrogens is 1090 g/mol. The van der Waals surface area contributed by atoms with Crippen molar-refractivity contribution in [3.8, 4) is 23.0 Å². The van der Waals surface area contributed by atoms with Crippen LogP contribution in [0.4, 0.5) is 23.2 Å². The van der Waals surface area contributed by atoms with Crippen LogP contribution in [-0.4, -0.2) is 56.8 Å². The van der Waals surface area contributed by atoms with Crippen molar-refractivity contribution in [2.24, 2.45) is 0 Å². The highest BCUT2D eigenvalue weighted by atomic mass is 79.9. The smallest absolute Gasteiger partial charge is 0.488 e. The topological polar surface area (TPSA) is 99.1 Å². The van der Waals surface area contributed by atoms with E-state index in [1.165, 1.54) is 71.5 Å². The van der Waals surface area contributed by atoms with Crippen LogP contribution in [-0.2, 0) is 34.8 Å². The summed E-state index contributed by atoms with van der Waals surface area (Å²) < 4.78 is 72.4. The molecule has 1 fully saturated rings. The molecule has 0 bridgehead atoms. The van der Waals surface area contributed by atoms with E-state index in [2.05, 4.69) is 15.9 Å². The van der Waals surface area contributed by atoms with Gasteiger partial charge in [-0.3, -0.25) is 0 Å². The van der Waals surface area contributed by atoms with Crippen molar-refractivity contribution in [1.82, 2.24) is 0 Å². The summed E-state index contributed by atoms with van der Waals surface area (Å²) in [5.41, 5.74) is 7.77. The van der Waals surface area contributed by atoms with Gasteiger partial charge < -0.3 is 29.0 Å². The van der Waals surface area contributed by atoms with Crippen LogP contribution in [0.15, 0.2) is 186 Å². The Bertz CT molecular complexity index is 3010. The number of anilines is 1. The molecule has 410 valence electrons. The average molecular weight is 1150 g/mol. The van der Waals surface area contributed by atoms with Gasteiger partial charge in [0.05, 0.1) is 32.9 Å². The minimum Gasteiger partial charge on any atom is -0.497 e. The molecule has 0 saturated carbocycles. The lowest BCUT2D eigenvalue weighted by atomic mass is 9.80. The first-order valence-corrected chi connectivity index (χ1v) is 25.9. The number of alkyl halides is 1. The third-order valence-electron chi connectivity index (χ3n) is 12.3. The molecule has 0 spiro atoms. The lowest BCUT2D eigenvalue weighted by Gasteiger charge is -2.26. The van der Waals surface area contributed by atoms with Crippen molar-refractivity contribution in [3.63, 3.8) is 0 Å². The summed E-state index contributed by atoms with van der Waals surface area (Å²) in [6.07, 6.45) is 2.27. The fraction of sp³-hybridized carbons (Fsp3) is 0.226. The summed E-state index contributed by atoms with van der Waals surface area (Å²) in [6.45, 7) is 7.95. The van der Waals surface area contributed by atoms with E-state index in [4.69, 9.17) is 50.3 Å². The fourth-order valence-electron chi connectivity index (χ4n) is 7.17. The van der Waals surface area contributed by atoms with E-state index in [9.17, 15) is 17.6 Å². The summed E-state index contributed by atoms with van der Waals surface area (Å²) in [6, 6.07) is 52.0. The molecule has 1 aliphatic rings.